The van der Waals surface area contributed by atoms with E-state index in [4.69, 9.17) is 0 Å². The van der Waals surface area contributed by atoms with Crippen molar-refractivity contribution in [2.45, 2.75) is 12.2 Å². The third-order valence-electron chi connectivity index (χ3n) is 9.85. The van der Waals surface area contributed by atoms with Crippen molar-refractivity contribution >= 4 is 44.0 Å². The summed E-state index contributed by atoms with van der Waals surface area (Å²) < 4.78 is 2.54. The minimum absolute atomic E-state index is 0.0174. The zero-order valence-electron chi connectivity index (χ0n) is 24.5. The second kappa shape index (κ2) is 9.35. The fourth-order valence-corrected chi connectivity index (χ4v) is 7.90. The van der Waals surface area contributed by atoms with Crippen LogP contribution < -0.4 is 10.6 Å². The molecule has 0 bridgehead atoms. The van der Waals surface area contributed by atoms with Gasteiger partial charge in [0.2, 0.25) is 0 Å². The molecular weight excluding hydrogens is 546 g/mol. The molecule has 3 heteroatoms. The Labute approximate surface area is 261 Å². The molecule has 212 valence electrons. The standard InChI is InChI=1S/C42H29N3/c1-2-12-27(13-3-1)41-42(44-37-22-8-7-21-36(37)43-41)45-38-23-9-6-18-30(38)35-24-33-29-17-5-4-16-28(29)31-19-10-14-26-15-11-20-32(40(26)31)34(33)25-39(35)45/h1-25,41-44H. The lowest BCUT2D eigenvalue weighted by molar-refractivity contribution is 0.506. The highest BCUT2D eigenvalue weighted by atomic mass is 15.3. The van der Waals surface area contributed by atoms with Crippen LogP contribution in [0.4, 0.5) is 11.4 Å². The molecule has 1 aromatic heterocycles. The van der Waals surface area contributed by atoms with Gasteiger partial charge in [0, 0.05) is 10.8 Å². The molecule has 45 heavy (non-hydrogen) atoms. The Morgan fingerprint density at radius 2 is 1.02 bits per heavy atom. The Kier molecular flexibility index (Phi) is 5.11. The van der Waals surface area contributed by atoms with E-state index in [9.17, 15) is 0 Å². The molecule has 0 amide bonds. The van der Waals surface area contributed by atoms with Gasteiger partial charge in [-0.25, -0.2) is 0 Å². The molecule has 1 aliphatic heterocycles. The van der Waals surface area contributed by atoms with Crippen molar-refractivity contribution < 1.29 is 0 Å². The van der Waals surface area contributed by atoms with Crippen molar-refractivity contribution in [2.24, 2.45) is 0 Å². The average molecular weight is 576 g/mol. The van der Waals surface area contributed by atoms with Gasteiger partial charge in [-0.05, 0) is 80.0 Å². The van der Waals surface area contributed by atoms with Crippen molar-refractivity contribution in [3.8, 4) is 33.4 Å². The van der Waals surface area contributed by atoms with E-state index in [1.807, 2.05) is 0 Å². The van der Waals surface area contributed by atoms with Gasteiger partial charge >= 0.3 is 0 Å². The van der Waals surface area contributed by atoms with Gasteiger partial charge in [-0.1, -0.05) is 121 Å². The first-order valence-electron chi connectivity index (χ1n) is 15.7. The van der Waals surface area contributed by atoms with Crippen LogP contribution in [-0.4, -0.2) is 4.57 Å². The Balaban J connectivity index is 1.32. The summed E-state index contributed by atoms with van der Waals surface area (Å²) in [4.78, 5) is 0. The maximum Gasteiger partial charge on any atom is 0.129 e. The number of nitrogens with one attached hydrogen (secondary N) is 2. The van der Waals surface area contributed by atoms with Crippen LogP contribution in [0.1, 0.15) is 17.8 Å². The van der Waals surface area contributed by atoms with Gasteiger partial charge in [0.25, 0.3) is 0 Å². The Hall–Kier alpha value is -5.80. The summed E-state index contributed by atoms with van der Waals surface area (Å²) in [5.41, 5.74) is 13.6. The first-order valence-corrected chi connectivity index (χ1v) is 15.7. The predicted octanol–water partition coefficient (Wildman–Crippen LogP) is 11.0. The molecule has 7 aromatic carbocycles. The predicted molar refractivity (Wildman–Crippen MR) is 189 cm³/mol. The maximum atomic E-state index is 3.98. The molecule has 0 spiro atoms. The summed E-state index contributed by atoms with van der Waals surface area (Å²) in [5.74, 6) is 0. The minimum Gasteiger partial charge on any atom is -0.373 e. The summed E-state index contributed by atoms with van der Waals surface area (Å²) in [6.45, 7) is 0. The van der Waals surface area contributed by atoms with Crippen LogP contribution in [0.15, 0.2) is 152 Å². The smallest absolute Gasteiger partial charge is 0.129 e. The maximum absolute atomic E-state index is 3.98. The SMILES string of the molecule is c1ccc(C2Nc3ccccc3NC2n2c3ccccc3c3cc4c(cc32)-c2cccc3cccc(c23)-c2ccccc2-4)cc1. The zero-order valence-corrected chi connectivity index (χ0v) is 24.5. The quantitative estimate of drug-likeness (QED) is 0.215. The number of anilines is 2. The molecule has 0 fully saturated rings. The zero-order chi connectivity index (χ0) is 29.5. The summed E-state index contributed by atoms with van der Waals surface area (Å²) >= 11 is 0. The molecule has 0 saturated carbocycles. The van der Waals surface area contributed by atoms with Gasteiger partial charge < -0.3 is 15.2 Å². The molecule has 2 N–H and O–H groups in total. The Morgan fingerprint density at radius 3 is 1.82 bits per heavy atom. The van der Waals surface area contributed by atoms with E-state index in [2.05, 4.69) is 167 Å². The van der Waals surface area contributed by atoms with E-state index < -0.39 is 0 Å². The van der Waals surface area contributed by atoms with E-state index >= 15 is 0 Å². The number of nitrogens with zero attached hydrogens (tertiary/aromatic N) is 1. The second-order valence-electron chi connectivity index (χ2n) is 12.2. The Morgan fingerprint density at radius 1 is 0.422 bits per heavy atom. The largest absolute Gasteiger partial charge is 0.373 e. The first kappa shape index (κ1) is 24.6. The minimum atomic E-state index is -0.0658. The first-order chi connectivity index (χ1) is 22.3. The number of rotatable bonds is 2. The van der Waals surface area contributed by atoms with Crippen LogP contribution >= 0.6 is 0 Å². The molecule has 0 radical (unpaired) electrons. The van der Waals surface area contributed by atoms with Gasteiger partial charge in [0.15, 0.2) is 0 Å². The molecular formula is C42H29N3. The summed E-state index contributed by atoms with van der Waals surface area (Å²) in [5, 5.41) is 13.0. The second-order valence-corrected chi connectivity index (χ2v) is 12.2. The van der Waals surface area contributed by atoms with E-state index in [1.165, 1.54) is 71.5 Å². The monoisotopic (exact) mass is 575 g/mol. The van der Waals surface area contributed by atoms with Crippen LogP contribution in [-0.2, 0) is 0 Å². The number of fused-ring (bicyclic) bond motifs is 9. The molecule has 3 nitrogen and oxygen atoms in total. The van der Waals surface area contributed by atoms with Gasteiger partial charge in [0.1, 0.15) is 6.17 Å². The van der Waals surface area contributed by atoms with Crippen LogP contribution in [0.2, 0.25) is 0 Å². The number of aromatic nitrogens is 1. The van der Waals surface area contributed by atoms with Crippen molar-refractivity contribution in [1.82, 2.24) is 4.57 Å². The third kappa shape index (κ3) is 3.52. The highest BCUT2D eigenvalue weighted by Gasteiger charge is 2.33. The summed E-state index contributed by atoms with van der Waals surface area (Å²) in [6.07, 6.45) is -0.0658. The van der Waals surface area contributed by atoms with Gasteiger partial charge in [-0.3, -0.25) is 0 Å². The highest BCUT2D eigenvalue weighted by molar-refractivity contribution is 6.18. The molecule has 2 aliphatic rings. The molecule has 2 atom stereocenters. The number of hydrogen-bond donors (Lipinski definition) is 2. The lowest BCUT2D eigenvalue weighted by atomic mass is 9.92. The summed E-state index contributed by atoms with van der Waals surface area (Å²) in [7, 11) is 0. The van der Waals surface area contributed by atoms with E-state index in [-0.39, 0.29) is 12.2 Å². The van der Waals surface area contributed by atoms with Crippen molar-refractivity contribution in [3.05, 3.63) is 157 Å². The van der Waals surface area contributed by atoms with Crippen LogP contribution in [0.3, 0.4) is 0 Å². The van der Waals surface area contributed by atoms with Gasteiger partial charge in [-0.15, -0.1) is 0 Å². The fourth-order valence-electron chi connectivity index (χ4n) is 7.90. The van der Waals surface area contributed by atoms with Gasteiger partial charge in [-0.2, -0.15) is 0 Å². The van der Waals surface area contributed by atoms with Crippen molar-refractivity contribution in [1.29, 1.82) is 0 Å². The molecule has 8 aromatic rings. The number of benzene rings is 7. The normalized spacial score (nSPS) is 16.4. The van der Waals surface area contributed by atoms with Crippen molar-refractivity contribution in [3.63, 3.8) is 0 Å². The number of hydrogen-bond acceptors (Lipinski definition) is 2. The molecule has 0 saturated heterocycles. The molecule has 2 unspecified atom stereocenters. The van der Waals surface area contributed by atoms with E-state index in [0.29, 0.717) is 0 Å². The molecule has 2 heterocycles. The topological polar surface area (TPSA) is 29.0 Å². The number of para-hydroxylation sites is 3. The molecule has 10 rings (SSSR count). The average Bonchev–Trinajstić information content (AvgIpc) is 3.37. The van der Waals surface area contributed by atoms with E-state index in [0.717, 1.165) is 11.4 Å². The van der Waals surface area contributed by atoms with Crippen LogP contribution in [0.5, 0.6) is 0 Å². The lowest BCUT2D eigenvalue weighted by Gasteiger charge is -2.38. The fraction of sp³-hybridized carbons (Fsp3) is 0.0476. The summed E-state index contributed by atoms with van der Waals surface area (Å²) in [6, 6.07) is 55.5. The van der Waals surface area contributed by atoms with Crippen LogP contribution in [0.25, 0.3) is 66.0 Å². The lowest BCUT2D eigenvalue weighted by Crippen LogP contribution is -2.34. The van der Waals surface area contributed by atoms with Gasteiger partial charge in [0.05, 0.1) is 28.5 Å². The highest BCUT2D eigenvalue weighted by Crippen LogP contribution is 2.51. The van der Waals surface area contributed by atoms with Crippen molar-refractivity contribution in [2.75, 3.05) is 10.6 Å². The Bertz CT molecular complexity index is 2450. The van der Waals surface area contributed by atoms with E-state index in [1.54, 1.807) is 0 Å². The van der Waals surface area contributed by atoms with Crippen LogP contribution in [0, 0.1) is 0 Å². The molecule has 1 aliphatic carbocycles. The third-order valence-corrected chi connectivity index (χ3v) is 9.85.